The van der Waals surface area contributed by atoms with Gasteiger partial charge in [-0.3, -0.25) is 4.79 Å². The smallest absolute Gasteiger partial charge is 0.320 e. The molecule has 0 aliphatic heterocycles. The summed E-state index contributed by atoms with van der Waals surface area (Å²) in [5, 5.41) is 0. The molecule has 0 aromatic rings. The van der Waals surface area contributed by atoms with E-state index in [-0.39, 0.29) is 5.88 Å². The van der Waals surface area contributed by atoms with Crippen LogP contribution in [0.2, 0.25) is 0 Å². The van der Waals surface area contributed by atoms with Crippen LogP contribution in [0.3, 0.4) is 0 Å². The van der Waals surface area contributed by atoms with Gasteiger partial charge in [0, 0.05) is 0 Å². The van der Waals surface area contributed by atoms with Crippen molar-refractivity contribution in [1.29, 1.82) is 0 Å². The average Bonchev–Trinajstić information content (AvgIpc) is 2.17. The van der Waals surface area contributed by atoms with Crippen molar-refractivity contribution in [3.63, 3.8) is 0 Å². The number of carbonyl (C=O) groups is 1. The molecule has 0 saturated carbocycles. The zero-order valence-electron chi connectivity index (χ0n) is 9.18. The zero-order valence-corrected chi connectivity index (χ0v) is 9.93. The lowest BCUT2D eigenvalue weighted by atomic mass is 9.93. The van der Waals surface area contributed by atoms with Gasteiger partial charge < -0.3 is 4.74 Å². The van der Waals surface area contributed by atoms with Crippen LogP contribution in [-0.4, -0.2) is 19.0 Å². The maximum atomic E-state index is 9.83. The van der Waals surface area contributed by atoms with Crippen LogP contribution in [0.5, 0.6) is 0 Å². The largest absolute Gasteiger partial charge is 0.468 e. The molecule has 14 heavy (non-hydrogen) atoms. The highest BCUT2D eigenvalue weighted by atomic mass is 35.5. The van der Waals surface area contributed by atoms with Gasteiger partial charge in [0.15, 0.2) is 0 Å². The zero-order chi connectivity index (χ0) is 11.0. The molecule has 0 fully saturated rings. The van der Waals surface area contributed by atoms with Gasteiger partial charge in [0.1, 0.15) is 5.88 Å². The predicted molar refractivity (Wildman–Crippen MR) is 59.5 cm³/mol. The SMILES string of the molecule is CC1=CC(C)CCC1.COC(=O)CCl. The molecule has 0 heterocycles. The summed E-state index contributed by atoms with van der Waals surface area (Å²) in [7, 11) is 1.30. The number of rotatable bonds is 1. The minimum Gasteiger partial charge on any atom is -0.468 e. The normalized spacial score (nSPS) is 20.3. The molecule has 0 aromatic carbocycles. The number of ether oxygens (including phenoxy) is 1. The Morgan fingerprint density at radius 2 is 2.36 bits per heavy atom. The lowest BCUT2D eigenvalue weighted by Crippen LogP contribution is -1.99. The highest BCUT2D eigenvalue weighted by Crippen LogP contribution is 2.21. The van der Waals surface area contributed by atoms with Crippen molar-refractivity contribution in [3.05, 3.63) is 11.6 Å². The summed E-state index contributed by atoms with van der Waals surface area (Å²) < 4.78 is 4.13. The van der Waals surface area contributed by atoms with Crippen molar-refractivity contribution in [2.75, 3.05) is 13.0 Å². The standard InChI is InChI=1S/C8H14.C3H5ClO2/c1-7-4-3-5-8(2)6-7;1-6-3(5)2-4/h6-7H,3-5H2,1-2H3;2H2,1H3. The minimum atomic E-state index is -0.392. The van der Waals surface area contributed by atoms with Gasteiger partial charge in [0.25, 0.3) is 0 Å². The molecule has 1 atom stereocenters. The van der Waals surface area contributed by atoms with E-state index in [2.05, 4.69) is 24.7 Å². The summed E-state index contributed by atoms with van der Waals surface area (Å²) >= 11 is 4.98. The average molecular weight is 219 g/mol. The van der Waals surface area contributed by atoms with Crippen LogP contribution in [0, 0.1) is 5.92 Å². The van der Waals surface area contributed by atoms with Gasteiger partial charge in [-0.15, -0.1) is 11.6 Å². The van der Waals surface area contributed by atoms with Gasteiger partial charge in [0.05, 0.1) is 7.11 Å². The Hall–Kier alpha value is -0.500. The molecule has 3 heteroatoms. The first kappa shape index (κ1) is 13.5. The molecule has 0 aromatic heterocycles. The van der Waals surface area contributed by atoms with E-state index in [1.165, 1.54) is 26.4 Å². The van der Waals surface area contributed by atoms with Gasteiger partial charge in [0.2, 0.25) is 0 Å². The first-order valence-corrected chi connectivity index (χ1v) is 5.43. The topological polar surface area (TPSA) is 26.3 Å². The predicted octanol–water partition coefficient (Wildman–Crippen LogP) is 3.15. The minimum absolute atomic E-state index is 0.0590. The molecule has 1 rings (SSSR count). The van der Waals surface area contributed by atoms with Crippen LogP contribution < -0.4 is 0 Å². The van der Waals surface area contributed by atoms with Crippen molar-refractivity contribution < 1.29 is 9.53 Å². The molecule has 1 aliphatic rings. The summed E-state index contributed by atoms with van der Waals surface area (Å²) in [5.41, 5.74) is 1.59. The molecule has 0 N–H and O–H groups in total. The van der Waals surface area contributed by atoms with Crippen molar-refractivity contribution in [2.24, 2.45) is 5.92 Å². The van der Waals surface area contributed by atoms with E-state index in [1.54, 1.807) is 5.57 Å². The van der Waals surface area contributed by atoms with E-state index in [0.29, 0.717) is 0 Å². The number of halogens is 1. The van der Waals surface area contributed by atoms with Crippen molar-refractivity contribution in [2.45, 2.75) is 33.1 Å². The Morgan fingerprint density at radius 3 is 2.57 bits per heavy atom. The maximum absolute atomic E-state index is 9.83. The lowest BCUT2D eigenvalue weighted by molar-refractivity contribution is -0.137. The second kappa shape index (κ2) is 7.86. The van der Waals surface area contributed by atoms with Crippen molar-refractivity contribution >= 4 is 17.6 Å². The number of alkyl halides is 1. The van der Waals surface area contributed by atoms with E-state index in [0.717, 1.165) is 5.92 Å². The second-order valence-electron chi connectivity index (χ2n) is 3.59. The van der Waals surface area contributed by atoms with E-state index >= 15 is 0 Å². The third-order valence-electron chi connectivity index (χ3n) is 2.14. The van der Waals surface area contributed by atoms with Crippen molar-refractivity contribution in [3.8, 4) is 0 Å². The lowest BCUT2D eigenvalue weighted by Gasteiger charge is -2.13. The molecule has 0 bridgehead atoms. The Labute approximate surface area is 91.3 Å². The molecule has 82 valence electrons. The number of methoxy groups -OCH3 is 1. The van der Waals surface area contributed by atoms with Gasteiger partial charge in [-0.25, -0.2) is 0 Å². The fourth-order valence-electron chi connectivity index (χ4n) is 1.41. The fourth-order valence-corrected chi connectivity index (χ4v) is 1.52. The number of carbonyl (C=O) groups excluding carboxylic acids is 1. The summed E-state index contributed by atoms with van der Waals surface area (Å²) in [4.78, 5) is 9.83. The van der Waals surface area contributed by atoms with Gasteiger partial charge in [-0.2, -0.15) is 0 Å². The highest BCUT2D eigenvalue weighted by Gasteiger charge is 2.04. The first-order chi connectivity index (χ1) is 6.60. The third-order valence-corrected chi connectivity index (χ3v) is 2.35. The molecule has 1 aliphatic carbocycles. The fraction of sp³-hybridized carbons (Fsp3) is 0.727. The Morgan fingerprint density at radius 1 is 1.71 bits per heavy atom. The third kappa shape index (κ3) is 6.96. The molecule has 0 amide bonds. The van der Waals surface area contributed by atoms with Crippen LogP contribution in [-0.2, 0) is 9.53 Å². The summed E-state index contributed by atoms with van der Waals surface area (Å²) in [6, 6.07) is 0. The number of allylic oxidation sites excluding steroid dienone is 2. The molecule has 0 spiro atoms. The van der Waals surface area contributed by atoms with Crippen molar-refractivity contribution in [1.82, 2.24) is 0 Å². The van der Waals surface area contributed by atoms with Crippen LogP contribution >= 0.6 is 11.6 Å². The number of hydrogen-bond donors (Lipinski definition) is 0. The number of esters is 1. The number of hydrogen-bond acceptors (Lipinski definition) is 2. The summed E-state index contributed by atoms with van der Waals surface area (Å²) in [6.45, 7) is 4.53. The Bertz CT molecular complexity index is 193. The van der Waals surface area contributed by atoms with Gasteiger partial charge >= 0.3 is 5.97 Å². The molecule has 2 nitrogen and oxygen atoms in total. The van der Waals surface area contributed by atoms with Crippen LogP contribution in [0.25, 0.3) is 0 Å². The van der Waals surface area contributed by atoms with E-state index in [1.807, 2.05) is 0 Å². The molecule has 0 saturated heterocycles. The first-order valence-electron chi connectivity index (χ1n) is 4.90. The Balaban J connectivity index is 0.000000255. The van der Waals surface area contributed by atoms with Gasteiger partial charge in [-0.05, 0) is 32.1 Å². The maximum Gasteiger partial charge on any atom is 0.320 e. The van der Waals surface area contributed by atoms with Crippen LogP contribution in [0.4, 0.5) is 0 Å². The van der Waals surface area contributed by atoms with Crippen LogP contribution in [0.1, 0.15) is 33.1 Å². The Kier molecular flexibility index (Phi) is 7.58. The monoisotopic (exact) mass is 218 g/mol. The molecule has 0 radical (unpaired) electrons. The van der Waals surface area contributed by atoms with E-state index < -0.39 is 5.97 Å². The molecular formula is C11H19ClO2. The van der Waals surface area contributed by atoms with E-state index in [4.69, 9.17) is 11.6 Å². The molecule has 1 unspecified atom stereocenters. The second-order valence-corrected chi connectivity index (χ2v) is 3.86. The van der Waals surface area contributed by atoms with Gasteiger partial charge in [-0.1, -0.05) is 18.6 Å². The summed E-state index contributed by atoms with van der Waals surface area (Å²) in [6.07, 6.45) is 6.54. The van der Waals surface area contributed by atoms with E-state index in [9.17, 15) is 4.79 Å². The highest BCUT2D eigenvalue weighted by molar-refractivity contribution is 6.26. The quantitative estimate of drug-likeness (QED) is 0.384. The summed E-state index contributed by atoms with van der Waals surface area (Å²) in [5.74, 6) is 0.400. The van der Waals surface area contributed by atoms with Crippen LogP contribution in [0.15, 0.2) is 11.6 Å². The molecular weight excluding hydrogens is 200 g/mol.